The molecular formula is C20H25N3O6. The zero-order chi connectivity index (χ0) is 21.8. The molecule has 1 heterocycles. The second-order valence-corrected chi connectivity index (χ2v) is 7.37. The van der Waals surface area contributed by atoms with Crippen molar-refractivity contribution in [1.29, 1.82) is 0 Å². The van der Waals surface area contributed by atoms with E-state index in [4.69, 9.17) is 4.74 Å². The molecule has 0 saturated carbocycles. The molecule has 0 spiro atoms. The SMILES string of the molecule is CC(=O)c1ccc(NC(=O)[C@H](C)OC(=O)CCCN2C(=O)NC(C)(C)C2=O)cc1. The molecule has 1 aliphatic rings. The number of benzene rings is 1. The van der Waals surface area contributed by atoms with Crippen molar-refractivity contribution in [1.82, 2.24) is 10.2 Å². The van der Waals surface area contributed by atoms with Crippen molar-refractivity contribution in [3.8, 4) is 0 Å². The van der Waals surface area contributed by atoms with Crippen molar-refractivity contribution in [3.63, 3.8) is 0 Å². The van der Waals surface area contributed by atoms with Crippen LogP contribution in [0.4, 0.5) is 10.5 Å². The lowest BCUT2D eigenvalue weighted by atomic mass is 10.1. The second kappa shape index (κ2) is 8.85. The molecule has 0 radical (unpaired) electrons. The Kier molecular flexibility index (Phi) is 6.73. The van der Waals surface area contributed by atoms with Crippen molar-refractivity contribution in [2.45, 2.75) is 52.2 Å². The molecule has 1 aliphatic heterocycles. The van der Waals surface area contributed by atoms with E-state index in [0.29, 0.717) is 11.3 Å². The van der Waals surface area contributed by atoms with Crippen LogP contribution in [0.25, 0.3) is 0 Å². The van der Waals surface area contributed by atoms with Crippen molar-refractivity contribution in [2.24, 2.45) is 0 Å². The highest BCUT2D eigenvalue weighted by molar-refractivity contribution is 6.06. The van der Waals surface area contributed by atoms with Gasteiger partial charge in [-0.2, -0.15) is 0 Å². The first kappa shape index (κ1) is 22.1. The van der Waals surface area contributed by atoms with E-state index in [1.807, 2.05) is 0 Å². The third-order valence-corrected chi connectivity index (χ3v) is 4.44. The molecule has 2 N–H and O–H groups in total. The van der Waals surface area contributed by atoms with E-state index in [0.717, 1.165) is 4.90 Å². The van der Waals surface area contributed by atoms with Gasteiger partial charge < -0.3 is 15.4 Å². The highest BCUT2D eigenvalue weighted by atomic mass is 16.5. The summed E-state index contributed by atoms with van der Waals surface area (Å²) in [5.74, 6) is -1.54. The quantitative estimate of drug-likeness (QED) is 0.388. The molecule has 156 valence electrons. The summed E-state index contributed by atoms with van der Waals surface area (Å²) < 4.78 is 5.10. The van der Waals surface area contributed by atoms with Gasteiger partial charge >= 0.3 is 12.0 Å². The lowest BCUT2D eigenvalue weighted by Gasteiger charge is -2.16. The van der Waals surface area contributed by atoms with Crippen LogP contribution in [0.5, 0.6) is 0 Å². The molecule has 1 saturated heterocycles. The third-order valence-electron chi connectivity index (χ3n) is 4.44. The predicted molar refractivity (Wildman–Crippen MR) is 104 cm³/mol. The summed E-state index contributed by atoms with van der Waals surface area (Å²) in [6.45, 7) is 6.19. The summed E-state index contributed by atoms with van der Waals surface area (Å²) in [5.41, 5.74) is 0.0485. The summed E-state index contributed by atoms with van der Waals surface area (Å²) >= 11 is 0. The van der Waals surface area contributed by atoms with E-state index >= 15 is 0 Å². The van der Waals surface area contributed by atoms with Crippen molar-refractivity contribution >= 4 is 35.3 Å². The number of imide groups is 1. The maximum absolute atomic E-state index is 12.1. The molecule has 0 bridgehead atoms. The summed E-state index contributed by atoms with van der Waals surface area (Å²) in [4.78, 5) is 60.3. The van der Waals surface area contributed by atoms with Gasteiger partial charge in [-0.15, -0.1) is 0 Å². The highest BCUT2D eigenvalue weighted by Gasteiger charge is 2.43. The molecule has 2 rings (SSSR count). The number of nitrogens with one attached hydrogen (secondary N) is 2. The van der Waals surface area contributed by atoms with Gasteiger partial charge in [0.05, 0.1) is 0 Å². The molecular weight excluding hydrogens is 378 g/mol. The lowest BCUT2D eigenvalue weighted by molar-refractivity contribution is -0.153. The van der Waals surface area contributed by atoms with Gasteiger partial charge in [0.2, 0.25) is 0 Å². The first-order valence-electron chi connectivity index (χ1n) is 9.26. The van der Waals surface area contributed by atoms with Gasteiger partial charge in [-0.3, -0.25) is 24.1 Å². The van der Waals surface area contributed by atoms with Crippen molar-refractivity contribution in [2.75, 3.05) is 11.9 Å². The Hall–Kier alpha value is -3.23. The van der Waals surface area contributed by atoms with Gasteiger partial charge in [0.15, 0.2) is 11.9 Å². The molecule has 9 heteroatoms. The minimum Gasteiger partial charge on any atom is -0.453 e. The molecule has 1 fully saturated rings. The topological polar surface area (TPSA) is 122 Å². The van der Waals surface area contributed by atoms with E-state index in [9.17, 15) is 24.0 Å². The number of carbonyl (C=O) groups is 5. The van der Waals surface area contributed by atoms with Crippen molar-refractivity contribution < 1.29 is 28.7 Å². The summed E-state index contributed by atoms with van der Waals surface area (Å²) in [6, 6.07) is 5.86. The Balaban J connectivity index is 1.76. The van der Waals surface area contributed by atoms with Crippen LogP contribution in [-0.4, -0.2) is 52.7 Å². The minimum absolute atomic E-state index is 0.0393. The monoisotopic (exact) mass is 403 g/mol. The van der Waals surface area contributed by atoms with E-state index in [2.05, 4.69) is 10.6 Å². The number of nitrogens with zero attached hydrogens (tertiary/aromatic N) is 1. The lowest BCUT2D eigenvalue weighted by Crippen LogP contribution is -2.40. The number of rotatable bonds is 8. The largest absolute Gasteiger partial charge is 0.453 e. The average molecular weight is 403 g/mol. The Labute approximate surface area is 168 Å². The summed E-state index contributed by atoms with van der Waals surface area (Å²) in [5, 5.41) is 5.16. The Bertz CT molecular complexity index is 831. The zero-order valence-corrected chi connectivity index (χ0v) is 16.9. The molecule has 4 amide bonds. The molecule has 29 heavy (non-hydrogen) atoms. The van der Waals surface area contributed by atoms with Gasteiger partial charge in [-0.1, -0.05) is 0 Å². The predicted octanol–water partition coefficient (Wildman–Crippen LogP) is 1.87. The van der Waals surface area contributed by atoms with Crippen molar-refractivity contribution in [3.05, 3.63) is 29.8 Å². The molecule has 1 atom stereocenters. The van der Waals surface area contributed by atoms with Crippen LogP contribution in [0.15, 0.2) is 24.3 Å². The van der Waals surface area contributed by atoms with Crippen LogP contribution in [0, 0.1) is 0 Å². The number of urea groups is 1. The highest BCUT2D eigenvalue weighted by Crippen LogP contribution is 2.17. The Morgan fingerprint density at radius 1 is 1.17 bits per heavy atom. The van der Waals surface area contributed by atoms with Crippen LogP contribution in [0.1, 0.15) is 50.9 Å². The fourth-order valence-electron chi connectivity index (χ4n) is 2.74. The Morgan fingerprint density at radius 3 is 2.31 bits per heavy atom. The number of ether oxygens (including phenoxy) is 1. The zero-order valence-electron chi connectivity index (χ0n) is 16.9. The maximum Gasteiger partial charge on any atom is 0.325 e. The van der Waals surface area contributed by atoms with Gasteiger partial charge in [-0.05, 0) is 58.4 Å². The summed E-state index contributed by atoms with van der Waals surface area (Å²) in [6.07, 6.45) is -0.831. The molecule has 0 aromatic heterocycles. The van der Waals surface area contributed by atoms with Gasteiger partial charge in [0.1, 0.15) is 5.54 Å². The molecule has 9 nitrogen and oxygen atoms in total. The fraction of sp³-hybridized carbons (Fsp3) is 0.450. The second-order valence-electron chi connectivity index (χ2n) is 7.37. The van der Waals surface area contributed by atoms with Crippen LogP contribution in [-0.2, 0) is 19.1 Å². The molecule has 0 aliphatic carbocycles. The number of Topliss-reactive ketones (excluding diaryl/α,β-unsaturated/α-hetero) is 1. The number of esters is 1. The number of hydrogen-bond acceptors (Lipinski definition) is 6. The first-order chi connectivity index (χ1) is 13.5. The Morgan fingerprint density at radius 2 is 1.79 bits per heavy atom. The number of amides is 4. The number of carbonyl (C=O) groups excluding carboxylic acids is 5. The maximum atomic E-state index is 12.1. The van der Waals surface area contributed by atoms with Crippen LogP contribution < -0.4 is 10.6 Å². The molecule has 0 unspecified atom stereocenters. The standard InChI is InChI=1S/C20H25N3O6/c1-12(24)14-7-9-15(10-8-14)21-17(26)13(2)29-16(25)6-5-11-23-18(27)20(3,4)22-19(23)28/h7-10,13H,5-6,11H2,1-4H3,(H,21,26)(H,22,28)/t13-/m0/s1. The summed E-state index contributed by atoms with van der Waals surface area (Å²) in [7, 11) is 0. The fourth-order valence-corrected chi connectivity index (χ4v) is 2.74. The molecule has 1 aromatic rings. The number of anilines is 1. The van der Waals surface area contributed by atoms with Gasteiger partial charge in [0, 0.05) is 24.2 Å². The number of hydrogen-bond donors (Lipinski definition) is 2. The third kappa shape index (κ3) is 5.63. The van der Waals surface area contributed by atoms with Gasteiger partial charge in [-0.25, -0.2) is 4.79 Å². The van der Waals surface area contributed by atoms with Crippen LogP contribution in [0.3, 0.4) is 0 Å². The van der Waals surface area contributed by atoms with E-state index in [1.165, 1.54) is 13.8 Å². The average Bonchev–Trinajstić information content (AvgIpc) is 2.83. The minimum atomic E-state index is -1.02. The molecule has 1 aromatic carbocycles. The normalized spacial score (nSPS) is 16.2. The smallest absolute Gasteiger partial charge is 0.325 e. The number of ketones is 1. The van der Waals surface area contributed by atoms with Crippen LogP contribution >= 0.6 is 0 Å². The van der Waals surface area contributed by atoms with Crippen LogP contribution in [0.2, 0.25) is 0 Å². The van der Waals surface area contributed by atoms with E-state index < -0.39 is 29.6 Å². The first-order valence-corrected chi connectivity index (χ1v) is 9.26. The van der Waals surface area contributed by atoms with Gasteiger partial charge in [0.25, 0.3) is 11.8 Å². The van der Waals surface area contributed by atoms with E-state index in [-0.39, 0.29) is 31.1 Å². The van der Waals surface area contributed by atoms with E-state index in [1.54, 1.807) is 38.1 Å².